The highest BCUT2D eigenvalue weighted by Gasteiger charge is 2.45. The third-order valence-corrected chi connectivity index (χ3v) is 6.29. The van der Waals surface area contributed by atoms with E-state index in [0.717, 1.165) is 29.3 Å². The Labute approximate surface area is 127 Å². The Bertz CT molecular complexity index is 723. The third kappa shape index (κ3) is 2.30. The molecule has 2 heterocycles. The van der Waals surface area contributed by atoms with Gasteiger partial charge < -0.3 is 4.90 Å². The standard InChI is InChI=1S/C14H16F2N2O3S/c1-9-14(19)17-6-2-3-11(17)8-18(9)22(20,21)13-5-4-10(15)7-12(13)16/h4-5,7,9,11H,2-3,6,8H2,1H3. The maximum atomic E-state index is 13.9. The maximum absolute atomic E-state index is 13.9. The van der Waals surface area contributed by atoms with E-state index in [2.05, 4.69) is 0 Å². The van der Waals surface area contributed by atoms with Crippen LogP contribution in [0, 0.1) is 11.6 Å². The summed E-state index contributed by atoms with van der Waals surface area (Å²) in [5.74, 6) is -2.26. The van der Waals surface area contributed by atoms with Crippen molar-refractivity contribution in [2.24, 2.45) is 0 Å². The van der Waals surface area contributed by atoms with E-state index in [0.29, 0.717) is 12.6 Å². The number of sulfonamides is 1. The minimum Gasteiger partial charge on any atom is -0.337 e. The van der Waals surface area contributed by atoms with Gasteiger partial charge in [0.1, 0.15) is 22.6 Å². The number of carbonyl (C=O) groups is 1. The first kappa shape index (κ1) is 15.4. The van der Waals surface area contributed by atoms with Crippen molar-refractivity contribution in [3.63, 3.8) is 0 Å². The lowest BCUT2D eigenvalue weighted by atomic mass is 10.1. The lowest BCUT2D eigenvalue weighted by Crippen LogP contribution is -2.60. The zero-order chi connectivity index (χ0) is 16.1. The molecule has 2 fully saturated rings. The fourth-order valence-electron chi connectivity index (χ4n) is 3.16. The summed E-state index contributed by atoms with van der Waals surface area (Å²) in [5.41, 5.74) is 0. The molecule has 8 heteroatoms. The lowest BCUT2D eigenvalue weighted by molar-refractivity contribution is -0.139. The first-order chi connectivity index (χ1) is 10.3. The molecule has 0 spiro atoms. The van der Waals surface area contributed by atoms with Crippen LogP contribution in [0.1, 0.15) is 19.8 Å². The molecule has 2 aliphatic rings. The molecular formula is C14H16F2N2O3S. The minimum absolute atomic E-state index is 0.145. The summed E-state index contributed by atoms with van der Waals surface area (Å²) in [6, 6.07) is 1.28. The molecule has 0 radical (unpaired) electrons. The summed E-state index contributed by atoms with van der Waals surface area (Å²) in [7, 11) is -4.19. The number of hydrogen-bond donors (Lipinski definition) is 0. The predicted octanol–water partition coefficient (Wildman–Crippen LogP) is 1.35. The largest absolute Gasteiger partial charge is 0.337 e. The Kier molecular flexibility index (Phi) is 3.68. The molecule has 1 aromatic carbocycles. The van der Waals surface area contributed by atoms with E-state index in [9.17, 15) is 22.0 Å². The van der Waals surface area contributed by atoms with Crippen molar-refractivity contribution in [3.05, 3.63) is 29.8 Å². The van der Waals surface area contributed by atoms with Gasteiger partial charge in [-0.15, -0.1) is 0 Å². The molecule has 1 amide bonds. The first-order valence-electron chi connectivity index (χ1n) is 7.10. The van der Waals surface area contributed by atoms with Gasteiger partial charge in [-0.3, -0.25) is 4.79 Å². The number of halogens is 2. The monoisotopic (exact) mass is 330 g/mol. The second-order valence-corrected chi connectivity index (χ2v) is 7.51. The van der Waals surface area contributed by atoms with E-state index in [1.807, 2.05) is 0 Å². The molecule has 0 N–H and O–H groups in total. The summed E-state index contributed by atoms with van der Waals surface area (Å²) in [4.78, 5) is 13.4. The van der Waals surface area contributed by atoms with Gasteiger partial charge >= 0.3 is 0 Å². The molecule has 22 heavy (non-hydrogen) atoms. The van der Waals surface area contributed by atoms with Crippen molar-refractivity contribution in [1.82, 2.24) is 9.21 Å². The Morgan fingerprint density at radius 2 is 2.00 bits per heavy atom. The summed E-state index contributed by atoms with van der Waals surface area (Å²) in [5, 5.41) is 0. The highest BCUT2D eigenvalue weighted by molar-refractivity contribution is 7.89. The molecule has 2 saturated heterocycles. The number of piperazine rings is 1. The lowest BCUT2D eigenvalue weighted by Gasteiger charge is -2.40. The number of nitrogens with zero attached hydrogens (tertiary/aromatic N) is 2. The zero-order valence-corrected chi connectivity index (χ0v) is 12.8. The summed E-state index contributed by atoms with van der Waals surface area (Å²) >= 11 is 0. The number of fused-ring (bicyclic) bond motifs is 1. The van der Waals surface area contributed by atoms with Gasteiger partial charge in [-0.2, -0.15) is 4.31 Å². The van der Waals surface area contributed by atoms with E-state index < -0.39 is 32.6 Å². The molecular weight excluding hydrogens is 314 g/mol. The van der Waals surface area contributed by atoms with Crippen molar-refractivity contribution in [3.8, 4) is 0 Å². The molecule has 1 aromatic rings. The van der Waals surface area contributed by atoms with Crippen molar-refractivity contribution < 1.29 is 22.0 Å². The molecule has 0 saturated carbocycles. The van der Waals surface area contributed by atoms with Crippen LogP contribution in [-0.2, 0) is 14.8 Å². The predicted molar refractivity (Wildman–Crippen MR) is 74.4 cm³/mol. The smallest absolute Gasteiger partial charge is 0.246 e. The fraction of sp³-hybridized carbons (Fsp3) is 0.500. The van der Waals surface area contributed by atoms with Crippen molar-refractivity contribution >= 4 is 15.9 Å². The second kappa shape index (κ2) is 5.27. The van der Waals surface area contributed by atoms with Crippen LogP contribution in [0.4, 0.5) is 8.78 Å². The number of hydrogen-bond acceptors (Lipinski definition) is 3. The highest BCUT2D eigenvalue weighted by atomic mass is 32.2. The van der Waals surface area contributed by atoms with E-state index in [1.165, 1.54) is 6.92 Å². The van der Waals surface area contributed by atoms with Gasteiger partial charge in [0.15, 0.2) is 0 Å². The maximum Gasteiger partial charge on any atom is 0.246 e. The molecule has 0 bridgehead atoms. The average Bonchev–Trinajstić information content (AvgIpc) is 2.90. The van der Waals surface area contributed by atoms with Crippen LogP contribution in [0.2, 0.25) is 0 Å². The number of amides is 1. The molecule has 0 aromatic heterocycles. The van der Waals surface area contributed by atoms with Gasteiger partial charge in [-0.1, -0.05) is 0 Å². The first-order valence-corrected chi connectivity index (χ1v) is 8.54. The SMILES string of the molecule is CC1C(=O)N2CCCC2CN1S(=O)(=O)c1ccc(F)cc1F. The van der Waals surface area contributed by atoms with Crippen molar-refractivity contribution in [2.75, 3.05) is 13.1 Å². The molecule has 5 nitrogen and oxygen atoms in total. The van der Waals surface area contributed by atoms with Crippen LogP contribution in [0.25, 0.3) is 0 Å². The van der Waals surface area contributed by atoms with Crippen molar-refractivity contribution in [2.45, 2.75) is 36.7 Å². The van der Waals surface area contributed by atoms with Crippen LogP contribution in [0.3, 0.4) is 0 Å². The van der Waals surface area contributed by atoms with Crippen LogP contribution in [0.15, 0.2) is 23.1 Å². The van der Waals surface area contributed by atoms with Crippen molar-refractivity contribution in [1.29, 1.82) is 0 Å². The van der Waals surface area contributed by atoms with Gasteiger partial charge in [-0.05, 0) is 31.9 Å². The van der Waals surface area contributed by atoms with Gasteiger partial charge in [0, 0.05) is 25.2 Å². The number of rotatable bonds is 2. The third-order valence-electron chi connectivity index (χ3n) is 4.32. The number of carbonyl (C=O) groups excluding carboxylic acids is 1. The number of benzene rings is 1. The Balaban J connectivity index is 1.99. The van der Waals surface area contributed by atoms with Gasteiger partial charge in [0.2, 0.25) is 15.9 Å². The summed E-state index contributed by atoms with van der Waals surface area (Å²) in [6.07, 6.45) is 1.57. The molecule has 120 valence electrons. The van der Waals surface area contributed by atoms with Crippen LogP contribution < -0.4 is 0 Å². The summed E-state index contributed by atoms with van der Waals surface area (Å²) < 4.78 is 53.2. The quantitative estimate of drug-likeness (QED) is 0.822. The Morgan fingerprint density at radius 3 is 2.68 bits per heavy atom. The van der Waals surface area contributed by atoms with Crippen LogP contribution in [0.5, 0.6) is 0 Å². The minimum atomic E-state index is -4.19. The second-order valence-electron chi connectivity index (χ2n) is 5.65. The Morgan fingerprint density at radius 1 is 1.27 bits per heavy atom. The molecule has 2 aliphatic heterocycles. The van der Waals surface area contributed by atoms with Gasteiger partial charge in [0.05, 0.1) is 0 Å². The fourth-order valence-corrected chi connectivity index (χ4v) is 4.83. The van der Waals surface area contributed by atoms with E-state index >= 15 is 0 Å². The Hall–Kier alpha value is -1.54. The molecule has 0 aliphatic carbocycles. The topological polar surface area (TPSA) is 57.7 Å². The van der Waals surface area contributed by atoms with Gasteiger partial charge in [-0.25, -0.2) is 17.2 Å². The average molecular weight is 330 g/mol. The zero-order valence-electron chi connectivity index (χ0n) is 12.0. The molecule has 2 atom stereocenters. The molecule has 2 unspecified atom stereocenters. The van der Waals surface area contributed by atoms with E-state index in [4.69, 9.17) is 0 Å². The molecule has 3 rings (SSSR count). The van der Waals surface area contributed by atoms with Crippen LogP contribution >= 0.6 is 0 Å². The van der Waals surface area contributed by atoms with E-state index in [-0.39, 0.29) is 18.5 Å². The summed E-state index contributed by atoms with van der Waals surface area (Å²) in [6.45, 7) is 2.27. The normalized spacial score (nSPS) is 26.3. The van der Waals surface area contributed by atoms with Gasteiger partial charge in [0.25, 0.3) is 0 Å². The van der Waals surface area contributed by atoms with Crippen LogP contribution in [-0.4, -0.2) is 48.7 Å². The van der Waals surface area contributed by atoms with E-state index in [1.54, 1.807) is 4.90 Å². The highest BCUT2D eigenvalue weighted by Crippen LogP contribution is 2.30.